The van der Waals surface area contributed by atoms with Gasteiger partial charge >= 0.3 is 11.6 Å². The highest BCUT2D eigenvalue weighted by Gasteiger charge is 2.24. The monoisotopic (exact) mass is 383 g/mol. The van der Waals surface area contributed by atoms with E-state index in [4.69, 9.17) is 4.42 Å². The second-order valence-electron chi connectivity index (χ2n) is 6.26. The van der Waals surface area contributed by atoms with Crippen LogP contribution < -0.4 is 10.9 Å². The summed E-state index contributed by atoms with van der Waals surface area (Å²) in [7, 11) is 0. The maximum atomic E-state index is 12.4. The van der Waals surface area contributed by atoms with Crippen molar-refractivity contribution in [1.29, 1.82) is 0 Å². The molecule has 0 fully saturated rings. The fraction of sp³-hybridized carbons (Fsp3) is 0.150. The lowest BCUT2D eigenvalue weighted by Gasteiger charge is -2.15. The van der Waals surface area contributed by atoms with E-state index >= 15 is 0 Å². The van der Waals surface area contributed by atoms with Crippen molar-refractivity contribution in [3.8, 4) is 11.5 Å². The van der Waals surface area contributed by atoms with Gasteiger partial charge < -0.3 is 25.1 Å². The Morgan fingerprint density at radius 2 is 1.82 bits per heavy atom. The average molecular weight is 383 g/mol. The van der Waals surface area contributed by atoms with E-state index < -0.39 is 30.0 Å². The normalized spacial score (nSPS) is 11.9. The molecule has 4 N–H and O–H groups in total. The zero-order chi connectivity index (χ0) is 20.4. The third-order valence-electron chi connectivity index (χ3n) is 4.37. The predicted octanol–water partition coefficient (Wildman–Crippen LogP) is 2.00. The fourth-order valence-electron chi connectivity index (χ4n) is 3.02. The second kappa shape index (κ2) is 7.43. The SMILES string of the molecule is Cc1c(CC(=O)NC(C(=O)O)c2ccccc2)c(=O)oc2cc(O)cc(O)c12. The highest BCUT2D eigenvalue weighted by Crippen LogP contribution is 2.32. The molecule has 1 atom stereocenters. The Balaban J connectivity index is 1.93. The summed E-state index contributed by atoms with van der Waals surface area (Å²) in [5.41, 5.74) is -0.138. The molecule has 1 heterocycles. The van der Waals surface area contributed by atoms with Gasteiger partial charge in [0.2, 0.25) is 5.91 Å². The van der Waals surface area contributed by atoms with E-state index in [1.54, 1.807) is 30.3 Å². The molecule has 1 aromatic heterocycles. The van der Waals surface area contributed by atoms with Crippen molar-refractivity contribution in [3.63, 3.8) is 0 Å². The zero-order valence-corrected chi connectivity index (χ0v) is 14.8. The number of benzene rings is 2. The number of hydrogen-bond acceptors (Lipinski definition) is 6. The molecule has 3 rings (SSSR count). The summed E-state index contributed by atoms with van der Waals surface area (Å²) in [6.07, 6.45) is -0.430. The molecule has 1 unspecified atom stereocenters. The second-order valence-corrected chi connectivity index (χ2v) is 6.26. The van der Waals surface area contributed by atoms with Gasteiger partial charge in [0, 0.05) is 12.1 Å². The minimum absolute atomic E-state index is 0.0109. The zero-order valence-electron chi connectivity index (χ0n) is 14.8. The van der Waals surface area contributed by atoms with Gasteiger partial charge in [-0.3, -0.25) is 4.79 Å². The van der Waals surface area contributed by atoms with E-state index in [0.717, 1.165) is 6.07 Å². The van der Waals surface area contributed by atoms with Gasteiger partial charge in [0.1, 0.15) is 17.1 Å². The smallest absolute Gasteiger partial charge is 0.340 e. The Morgan fingerprint density at radius 1 is 1.14 bits per heavy atom. The number of carboxylic acids is 1. The van der Waals surface area contributed by atoms with Crippen LogP contribution in [0.5, 0.6) is 11.5 Å². The standard InChI is InChI=1S/C20H17NO7/c1-10-13(20(27)28-15-8-12(22)7-14(23)17(10)15)9-16(24)21-18(19(25)26)11-5-3-2-4-6-11/h2-8,18,22-23H,9H2,1H3,(H,21,24)(H,25,26). The third-order valence-corrected chi connectivity index (χ3v) is 4.37. The topological polar surface area (TPSA) is 137 Å². The summed E-state index contributed by atoms with van der Waals surface area (Å²) in [5.74, 6) is -2.50. The minimum atomic E-state index is -1.27. The molecular formula is C20H17NO7. The molecule has 144 valence electrons. The summed E-state index contributed by atoms with van der Waals surface area (Å²) in [5, 5.41) is 31.6. The molecule has 8 heteroatoms. The number of aryl methyl sites for hydroxylation is 1. The Hall–Kier alpha value is -3.81. The maximum absolute atomic E-state index is 12.4. The van der Waals surface area contributed by atoms with E-state index in [1.807, 2.05) is 0 Å². The van der Waals surface area contributed by atoms with Crippen LogP contribution in [0.4, 0.5) is 0 Å². The maximum Gasteiger partial charge on any atom is 0.340 e. The molecule has 28 heavy (non-hydrogen) atoms. The van der Waals surface area contributed by atoms with Crippen LogP contribution in [0, 0.1) is 6.92 Å². The van der Waals surface area contributed by atoms with Crippen LogP contribution in [-0.4, -0.2) is 27.2 Å². The molecule has 0 saturated carbocycles. The molecule has 0 saturated heterocycles. The van der Waals surface area contributed by atoms with Crippen molar-refractivity contribution in [2.75, 3.05) is 0 Å². The molecule has 0 aliphatic rings. The van der Waals surface area contributed by atoms with Crippen molar-refractivity contribution in [2.45, 2.75) is 19.4 Å². The number of amides is 1. The predicted molar refractivity (Wildman–Crippen MR) is 99.2 cm³/mol. The number of phenolic OH excluding ortho intramolecular Hbond substituents is 2. The summed E-state index contributed by atoms with van der Waals surface area (Å²) in [6, 6.07) is 9.16. The molecule has 0 aliphatic carbocycles. The Morgan fingerprint density at radius 3 is 2.46 bits per heavy atom. The number of fused-ring (bicyclic) bond motifs is 1. The first-order valence-electron chi connectivity index (χ1n) is 8.33. The van der Waals surface area contributed by atoms with Crippen molar-refractivity contribution in [3.05, 3.63) is 69.6 Å². The van der Waals surface area contributed by atoms with Crippen LogP contribution in [0.2, 0.25) is 0 Å². The number of aromatic hydroxyl groups is 2. The van der Waals surface area contributed by atoms with Gasteiger partial charge in [-0.2, -0.15) is 0 Å². The highest BCUT2D eigenvalue weighted by molar-refractivity contribution is 5.90. The molecule has 8 nitrogen and oxygen atoms in total. The number of aliphatic carboxylic acids is 1. The van der Waals surface area contributed by atoms with E-state index in [2.05, 4.69) is 5.32 Å². The van der Waals surface area contributed by atoms with Crippen molar-refractivity contribution in [2.24, 2.45) is 0 Å². The van der Waals surface area contributed by atoms with Crippen LogP contribution in [0.3, 0.4) is 0 Å². The number of carboxylic acid groups (broad SMARTS) is 1. The lowest BCUT2D eigenvalue weighted by molar-refractivity contribution is -0.142. The van der Waals surface area contributed by atoms with Crippen molar-refractivity contribution < 1.29 is 29.3 Å². The van der Waals surface area contributed by atoms with Gasteiger partial charge in [-0.15, -0.1) is 0 Å². The van der Waals surface area contributed by atoms with Crippen LogP contribution in [0.1, 0.15) is 22.7 Å². The number of carbonyl (C=O) groups excluding carboxylic acids is 1. The van der Waals surface area contributed by atoms with Crippen LogP contribution in [0.15, 0.2) is 51.7 Å². The first kappa shape index (κ1) is 19.0. The number of hydrogen-bond donors (Lipinski definition) is 4. The van der Waals surface area contributed by atoms with Gasteiger partial charge in [0.15, 0.2) is 6.04 Å². The van der Waals surface area contributed by atoms with Crippen LogP contribution in [0.25, 0.3) is 11.0 Å². The van der Waals surface area contributed by atoms with Gasteiger partial charge in [0.25, 0.3) is 0 Å². The van der Waals surface area contributed by atoms with Crippen molar-refractivity contribution >= 4 is 22.8 Å². The average Bonchev–Trinajstić information content (AvgIpc) is 2.62. The summed E-state index contributed by atoms with van der Waals surface area (Å²) in [4.78, 5) is 36.2. The molecule has 3 aromatic rings. The summed E-state index contributed by atoms with van der Waals surface area (Å²) < 4.78 is 5.10. The Bertz CT molecular complexity index is 1120. The molecule has 1 amide bonds. The first-order valence-corrected chi connectivity index (χ1v) is 8.33. The fourth-order valence-corrected chi connectivity index (χ4v) is 3.02. The molecule has 0 bridgehead atoms. The lowest BCUT2D eigenvalue weighted by Crippen LogP contribution is -2.35. The quantitative estimate of drug-likeness (QED) is 0.495. The molecule has 0 radical (unpaired) electrons. The molecule has 2 aromatic carbocycles. The number of carbonyl (C=O) groups is 2. The van der Waals surface area contributed by atoms with E-state index in [-0.39, 0.29) is 28.0 Å². The lowest BCUT2D eigenvalue weighted by atomic mass is 10.0. The highest BCUT2D eigenvalue weighted by atomic mass is 16.4. The van der Waals surface area contributed by atoms with Crippen molar-refractivity contribution in [1.82, 2.24) is 5.32 Å². The molecule has 0 aliphatic heterocycles. The summed E-state index contributed by atoms with van der Waals surface area (Å²) in [6.45, 7) is 1.53. The largest absolute Gasteiger partial charge is 0.508 e. The van der Waals surface area contributed by atoms with Crippen LogP contribution >= 0.6 is 0 Å². The van der Waals surface area contributed by atoms with E-state index in [9.17, 15) is 29.7 Å². The Labute approximate surface area is 158 Å². The Kier molecular flexibility index (Phi) is 5.04. The summed E-state index contributed by atoms with van der Waals surface area (Å²) >= 11 is 0. The van der Waals surface area contributed by atoms with Crippen LogP contribution in [-0.2, 0) is 16.0 Å². The van der Waals surface area contributed by atoms with Gasteiger partial charge in [-0.05, 0) is 18.1 Å². The number of phenols is 2. The van der Waals surface area contributed by atoms with Gasteiger partial charge in [0.05, 0.1) is 17.4 Å². The van der Waals surface area contributed by atoms with Gasteiger partial charge in [-0.25, -0.2) is 9.59 Å². The molecule has 0 spiro atoms. The van der Waals surface area contributed by atoms with E-state index in [1.165, 1.54) is 13.0 Å². The molecular weight excluding hydrogens is 366 g/mol. The minimum Gasteiger partial charge on any atom is -0.508 e. The van der Waals surface area contributed by atoms with Gasteiger partial charge in [-0.1, -0.05) is 30.3 Å². The third kappa shape index (κ3) is 3.66. The first-order chi connectivity index (χ1) is 13.3. The van der Waals surface area contributed by atoms with E-state index in [0.29, 0.717) is 11.1 Å². The number of nitrogens with one attached hydrogen (secondary N) is 1. The number of rotatable bonds is 5.